The van der Waals surface area contributed by atoms with E-state index in [0.717, 1.165) is 19.3 Å². The molecule has 0 radical (unpaired) electrons. The highest BCUT2D eigenvalue weighted by atomic mass is 16.3. The molecular formula is C19H29N5O4. The van der Waals surface area contributed by atoms with Gasteiger partial charge in [0, 0.05) is 13.1 Å². The maximum Gasteiger partial charge on any atom is 0.330 e. The zero-order valence-electron chi connectivity index (χ0n) is 16.6. The SMILES string of the molecule is CCCCn1c(NC(=O)c2coc(CN)c2)c(NCCC(C)C)c(=O)[nH]c1=O. The predicted octanol–water partition coefficient (Wildman–Crippen LogP) is 2.10. The molecular weight excluding hydrogens is 362 g/mol. The molecule has 0 aliphatic rings. The molecule has 0 bridgehead atoms. The minimum Gasteiger partial charge on any atom is -0.467 e. The van der Waals surface area contributed by atoms with Crippen LogP contribution < -0.4 is 27.6 Å². The standard InChI is InChI=1S/C19H29N5O4/c1-4-5-8-24-16(22-17(25)13-9-14(10-20)28-11-13)15(18(26)23-19(24)27)21-7-6-12(2)3/h9,11-12,21H,4-8,10,20H2,1-3H3,(H,22,25)(H,23,26,27). The monoisotopic (exact) mass is 391 g/mol. The topological polar surface area (TPSA) is 135 Å². The molecule has 0 saturated carbocycles. The van der Waals surface area contributed by atoms with Crippen LogP contribution in [0.5, 0.6) is 0 Å². The molecule has 0 atom stereocenters. The quantitative estimate of drug-likeness (QED) is 0.490. The third-order valence-corrected chi connectivity index (χ3v) is 4.31. The molecule has 9 heteroatoms. The van der Waals surface area contributed by atoms with Crippen LogP contribution >= 0.6 is 0 Å². The minimum atomic E-state index is -0.563. The number of furan rings is 1. The van der Waals surface area contributed by atoms with Gasteiger partial charge in [-0.1, -0.05) is 27.2 Å². The van der Waals surface area contributed by atoms with Gasteiger partial charge in [0.25, 0.3) is 11.5 Å². The fraction of sp³-hybridized carbons (Fsp3) is 0.526. The zero-order chi connectivity index (χ0) is 20.7. The summed E-state index contributed by atoms with van der Waals surface area (Å²) in [5, 5.41) is 5.77. The smallest absolute Gasteiger partial charge is 0.330 e. The van der Waals surface area contributed by atoms with E-state index in [1.165, 1.54) is 16.9 Å². The van der Waals surface area contributed by atoms with Crippen LogP contribution in [0.3, 0.4) is 0 Å². The van der Waals surface area contributed by atoms with E-state index in [2.05, 4.69) is 29.5 Å². The first-order chi connectivity index (χ1) is 13.4. The first-order valence-corrected chi connectivity index (χ1v) is 9.57. The van der Waals surface area contributed by atoms with Gasteiger partial charge in [-0.3, -0.25) is 19.1 Å². The average Bonchev–Trinajstić information content (AvgIpc) is 3.13. The predicted molar refractivity (Wildman–Crippen MR) is 109 cm³/mol. The van der Waals surface area contributed by atoms with Crippen LogP contribution in [0.2, 0.25) is 0 Å². The Kier molecular flexibility index (Phi) is 7.62. The number of carbonyl (C=O) groups is 1. The Bertz CT molecular complexity index is 910. The lowest BCUT2D eigenvalue weighted by atomic mass is 10.1. The molecule has 1 amide bonds. The van der Waals surface area contributed by atoms with Crippen molar-refractivity contribution in [2.75, 3.05) is 17.2 Å². The van der Waals surface area contributed by atoms with E-state index in [9.17, 15) is 14.4 Å². The van der Waals surface area contributed by atoms with Crippen molar-refractivity contribution >= 4 is 17.4 Å². The van der Waals surface area contributed by atoms with Crippen LogP contribution in [-0.4, -0.2) is 22.0 Å². The molecule has 9 nitrogen and oxygen atoms in total. The number of aromatic nitrogens is 2. The summed E-state index contributed by atoms with van der Waals surface area (Å²) in [5.41, 5.74) is 4.83. The van der Waals surface area contributed by atoms with Crippen molar-refractivity contribution in [3.8, 4) is 0 Å². The van der Waals surface area contributed by atoms with Crippen molar-refractivity contribution in [2.24, 2.45) is 11.7 Å². The van der Waals surface area contributed by atoms with Crippen molar-refractivity contribution in [1.29, 1.82) is 0 Å². The summed E-state index contributed by atoms with van der Waals surface area (Å²) in [6.45, 7) is 7.23. The maximum atomic E-state index is 12.7. The summed E-state index contributed by atoms with van der Waals surface area (Å²) in [6, 6.07) is 1.53. The van der Waals surface area contributed by atoms with Crippen LogP contribution in [0.4, 0.5) is 11.5 Å². The third-order valence-electron chi connectivity index (χ3n) is 4.31. The van der Waals surface area contributed by atoms with Gasteiger partial charge in [-0.25, -0.2) is 4.79 Å². The summed E-state index contributed by atoms with van der Waals surface area (Å²) in [5.74, 6) is 0.586. The molecule has 154 valence electrons. The number of anilines is 2. The van der Waals surface area contributed by atoms with Gasteiger partial charge in [0.15, 0.2) is 0 Å². The summed E-state index contributed by atoms with van der Waals surface area (Å²) >= 11 is 0. The number of nitrogens with zero attached hydrogens (tertiary/aromatic N) is 1. The highest BCUT2D eigenvalue weighted by Gasteiger charge is 2.19. The molecule has 2 rings (SSSR count). The number of hydrogen-bond donors (Lipinski definition) is 4. The largest absolute Gasteiger partial charge is 0.467 e. The van der Waals surface area contributed by atoms with E-state index < -0.39 is 17.2 Å². The van der Waals surface area contributed by atoms with Crippen molar-refractivity contribution in [1.82, 2.24) is 9.55 Å². The lowest BCUT2D eigenvalue weighted by Crippen LogP contribution is -2.35. The number of unbranched alkanes of at least 4 members (excludes halogenated alkanes) is 1. The van der Waals surface area contributed by atoms with E-state index in [1.54, 1.807) is 0 Å². The summed E-state index contributed by atoms with van der Waals surface area (Å²) in [7, 11) is 0. The second-order valence-electron chi connectivity index (χ2n) is 7.06. The van der Waals surface area contributed by atoms with E-state index in [1.807, 2.05) is 6.92 Å². The molecule has 0 aromatic carbocycles. The van der Waals surface area contributed by atoms with E-state index in [0.29, 0.717) is 24.8 Å². The van der Waals surface area contributed by atoms with E-state index >= 15 is 0 Å². The molecule has 0 aliphatic carbocycles. The Morgan fingerprint density at radius 2 is 2.11 bits per heavy atom. The second kappa shape index (κ2) is 9.93. The number of nitrogens with one attached hydrogen (secondary N) is 3. The van der Waals surface area contributed by atoms with Gasteiger partial charge in [0.1, 0.15) is 23.5 Å². The van der Waals surface area contributed by atoms with Gasteiger partial charge in [-0.05, 0) is 24.8 Å². The van der Waals surface area contributed by atoms with Crippen molar-refractivity contribution < 1.29 is 9.21 Å². The van der Waals surface area contributed by atoms with Crippen LogP contribution in [-0.2, 0) is 13.1 Å². The maximum absolute atomic E-state index is 12.7. The van der Waals surface area contributed by atoms with Crippen LogP contribution in [0.15, 0.2) is 26.3 Å². The molecule has 28 heavy (non-hydrogen) atoms. The number of aromatic amines is 1. The van der Waals surface area contributed by atoms with Gasteiger partial charge in [0.2, 0.25) is 0 Å². The number of H-pyrrole nitrogens is 1. The Labute approximate surface area is 163 Å². The van der Waals surface area contributed by atoms with Crippen LogP contribution in [0, 0.1) is 5.92 Å². The number of nitrogens with two attached hydrogens (primary N) is 1. The Morgan fingerprint density at radius 3 is 2.71 bits per heavy atom. The highest BCUT2D eigenvalue weighted by Crippen LogP contribution is 2.18. The molecule has 5 N–H and O–H groups in total. The zero-order valence-corrected chi connectivity index (χ0v) is 16.6. The number of carbonyl (C=O) groups excluding carboxylic acids is 1. The normalized spacial score (nSPS) is 11.0. The number of rotatable bonds is 10. The molecule has 0 saturated heterocycles. The van der Waals surface area contributed by atoms with Crippen molar-refractivity contribution in [2.45, 2.75) is 53.1 Å². The Morgan fingerprint density at radius 1 is 1.36 bits per heavy atom. The summed E-state index contributed by atoms with van der Waals surface area (Å²) < 4.78 is 6.58. The van der Waals surface area contributed by atoms with Crippen molar-refractivity contribution in [3.63, 3.8) is 0 Å². The lowest BCUT2D eigenvalue weighted by molar-refractivity contribution is 0.102. The molecule has 0 fully saturated rings. The Hall–Kier alpha value is -2.81. The fourth-order valence-electron chi connectivity index (χ4n) is 2.67. The minimum absolute atomic E-state index is 0.159. The Balaban J connectivity index is 2.41. The molecule has 2 aromatic rings. The van der Waals surface area contributed by atoms with Gasteiger partial charge in [0.05, 0.1) is 12.1 Å². The second-order valence-corrected chi connectivity index (χ2v) is 7.06. The van der Waals surface area contributed by atoms with Gasteiger partial charge < -0.3 is 20.8 Å². The molecule has 0 unspecified atom stereocenters. The molecule has 2 aromatic heterocycles. The first kappa shape index (κ1) is 21.5. The highest BCUT2D eigenvalue weighted by molar-refractivity contribution is 6.05. The van der Waals surface area contributed by atoms with Crippen LogP contribution in [0.1, 0.15) is 56.2 Å². The summed E-state index contributed by atoms with van der Waals surface area (Å²) in [4.78, 5) is 39.8. The van der Waals surface area contributed by atoms with Gasteiger partial charge in [-0.2, -0.15) is 0 Å². The lowest BCUT2D eigenvalue weighted by Gasteiger charge is -2.18. The number of hydrogen-bond acceptors (Lipinski definition) is 6. The average molecular weight is 391 g/mol. The molecule has 2 heterocycles. The van der Waals surface area contributed by atoms with Gasteiger partial charge in [-0.15, -0.1) is 0 Å². The van der Waals surface area contributed by atoms with E-state index in [4.69, 9.17) is 10.2 Å². The summed E-state index contributed by atoms with van der Waals surface area (Å²) in [6.07, 6.45) is 3.72. The molecule has 0 spiro atoms. The van der Waals surface area contributed by atoms with Crippen molar-refractivity contribution in [3.05, 3.63) is 44.5 Å². The first-order valence-electron chi connectivity index (χ1n) is 9.57. The van der Waals surface area contributed by atoms with Gasteiger partial charge >= 0.3 is 5.69 Å². The van der Waals surface area contributed by atoms with Crippen LogP contribution in [0.25, 0.3) is 0 Å². The third kappa shape index (κ3) is 5.35. The molecule has 0 aliphatic heterocycles. The fourth-order valence-corrected chi connectivity index (χ4v) is 2.67. The number of amides is 1. The van der Waals surface area contributed by atoms with E-state index in [-0.39, 0.29) is 23.6 Å².